The summed E-state index contributed by atoms with van der Waals surface area (Å²) in [7, 11) is 1.71. The number of aliphatic hydroxyl groups is 1. The lowest BCUT2D eigenvalue weighted by atomic mass is 9.74. The van der Waals surface area contributed by atoms with Gasteiger partial charge in [0.2, 0.25) is 11.8 Å². The van der Waals surface area contributed by atoms with E-state index in [9.17, 15) is 14.7 Å². The molecule has 2 saturated heterocycles. The highest BCUT2D eigenvalue weighted by Gasteiger charge is 2.74. The molecule has 3 amide bonds. The molecular weight excluding hydrogens is 709 g/mol. The first kappa shape index (κ1) is 39.0. The SMILES string of the molecule is CCN(CC)c1ccc(N2C/C=C\CCC(=O)N(C)[C@@H](C)[C@H](c3ccccc3)OC(=O)[C@@H]3[C@H]4C(=O)N([C@@H](CO)Cc5ccccc5)[C@H](C2=O)[C@]42C=C[C@H]3O2)cc1. The number of rotatable bonds is 9. The third-order valence-electron chi connectivity index (χ3n) is 12.1. The van der Waals surface area contributed by atoms with E-state index in [-0.39, 0.29) is 25.3 Å². The molecule has 1 spiro atoms. The van der Waals surface area contributed by atoms with Crippen molar-refractivity contribution < 1.29 is 33.8 Å². The number of nitrogens with zero attached hydrogens (tertiary/aromatic N) is 4. The average Bonchev–Trinajstić information content (AvgIpc) is 3.88. The predicted molar refractivity (Wildman–Crippen MR) is 214 cm³/mol. The van der Waals surface area contributed by atoms with Crippen LogP contribution in [0.1, 0.15) is 50.8 Å². The molecule has 0 saturated carbocycles. The van der Waals surface area contributed by atoms with Crippen LogP contribution in [-0.2, 0) is 35.1 Å². The molecule has 0 aliphatic carbocycles. The predicted octanol–water partition coefficient (Wildman–Crippen LogP) is 5.10. The Morgan fingerprint density at radius 2 is 1.57 bits per heavy atom. The van der Waals surface area contributed by atoms with Gasteiger partial charge in [-0.1, -0.05) is 85.0 Å². The molecule has 4 heterocycles. The molecule has 5 bridgehead atoms. The van der Waals surface area contributed by atoms with Crippen LogP contribution in [0.25, 0.3) is 0 Å². The summed E-state index contributed by atoms with van der Waals surface area (Å²) in [5, 5.41) is 11.0. The number of carbonyl (C=O) groups excluding carboxylic acids is 4. The summed E-state index contributed by atoms with van der Waals surface area (Å²) < 4.78 is 13.1. The third kappa shape index (κ3) is 7.03. The maximum atomic E-state index is 15.5. The number of likely N-dealkylation sites (N-methyl/N-ethyl adjacent to an activating group) is 1. The smallest absolute Gasteiger partial charge is 0.313 e. The van der Waals surface area contributed by atoms with Gasteiger partial charge in [-0.25, -0.2) is 0 Å². The van der Waals surface area contributed by atoms with Gasteiger partial charge in [0.15, 0.2) is 0 Å². The van der Waals surface area contributed by atoms with Gasteiger partial charge in [0.1, 0.15) is 23.7 Å². The number of ether oxygens (including phenoxy) is 2. The van der Waals surface area contributed by atoms with Crippen molar-refractivity contribution in [3.63, 3.8) is 0 Å². The van der Waals surface area contributed by atoms with Crippen LogP contribution in [0.2, 0.25) is 0 Å². The zero-order valence-corrected chi connectivity index (χ0v) is 32.6. The minimum Gasteiger partial charge on any atom is -0.455 e. The molecule has 8 atom stereocenters. The Hall–Kier alpha value is -5.26. The Morgan fingerprint density at radius 1 is 0.893 bits per heavy atom. The molecule has 2 fully saturated rings. The van der Waals surface area contributed by atoms with Crippen molar-refractivity contribution in [1.29, 1.82) is 0 Å². The number of benzene rings is 3. The quantitative estimate of drug-likeness (QED) is 0.237. The summed E-state index contributed by atoms with van der Waals surface area (Å²) in [6.07, 6.45) is 6.57. The molecule has 0 unspecified atom stereocenters. The topological polar surface area (TPSA) is 120 Å². The highest BCUT2D eigenvalue weighted by molar-refractivity contribution is 6.05. The number of anilines is 2. The van der Waals surface area contributed by atoms with Crippen molar-refractivity contribution in [2.45, 2.75) is 76.0 Å². The van der Waals surface area contributed by atoms with Gasteiger partial charge in [0.25, 0.3) is 5.91 Å². The molecule has 3 aromatic carbocycles. The Labute approximate surface area is 329 Å². The summed E-state index contributed by atoms with van der Waals surface area (Å²) in [6.45, 7) is 7.41. The molecule has 56 heavy (non-hydrogen) atoms. The van der Waals surface area contributed by atoms with Crippen LogP contribution in [0, 0.1) is 11.8 Å². The van der Waals surface area contributed by atoms with E-state index >= 15 is 9.59 Å². The molecule has 4 aliphatic rings. The van der Waals surface area contributed by atoms with Crippen LogP contribution in [0.3, 0.4) is 0 Å². The van der Waals surface area contributed by atoms with Crippen molar-refractivity contribution in [3.8, 4) is 0 Å². The maximum absolute atomic E-state index is 15.5. The minimum atomic E-state index is -1.50. The van der Waals surface area contributed by atoms with Gasteiger partial charge in [0, 0.05) is 44.5 Å². The molecule has 0 aromatic heterocycles. The van der Waals surface area contributed by atoms with E-state index in [0.717, 1.165) is 24.3 Å². The van der Waals surface area contributed by atoms with E-state index in [2.05, 4.69) is 18.7 Å². The maximum Gasteiger partial charge on any atom is 0.313 e. The molecule has 11 heteroatoms. The Bertz CT molecular complexity index is 1950. The van der Waals surface area contributed by atoms with E-state index in [0.29, 0.717) is 17.7 Å². The number of carbonyl (C=O) groups is 4. The number of hydrogen-bond acceptors (Lipinski definition) is 8. The van der Waals surface area contributed by atoms with Crippen LogP contribution < -0.4 is 9.80 Å². The summed E-state index contributed by atoms with van der Waals surface area (Å²) in [6, 6.07) is 24.0. The van der Waals surface area contributed by atoms with E-state index < -0.39 is 72.2 Å². The monoisotopic (exact) mass is 760 g/mol. The largest absolute Gasteiger partial charge is 0.455 e. The highest BCUT2D eigenvalue weighted by Crippen LogP contribution is 2.56. The molecule has 4 aliphatic heterocycles. The van der Waals surface area contributed by atoms with Crippen molar-refractivity contribution >= 4 is 35.1 Å². The zero-order chi connectivity index (χ0) is 39.6. The number of fused-ring (bicyclic) bond motifs is 2. The van der Waals surface area contributed by atoms with E-state index in [1.54, 1.807) is 29.0 Å². The minimum absolute atomic E-state index is 0.119. The fourth-order valence-corrected chi connectivity index (χ4v) is 8.99. The van der Waals surface area contributed by atoms with Crippen LogP contribution in [0.4, 0.5) is 11.4 Å². The van der Waals surface area contributed by atoms with E-state index in [1.807, 2.05) is 104 Å². The van der Waals surface area contributed by atoms with Crippen molar-refractivity contribution in [2.75, 3.05) is 43.1 Å². The van der Waals surface area contributed by atoms with Crippen molar-refractivity contribution in [1.82, 2.24) is 9.80 Å². The second-order valence-electron chi connectivity index (χ2n) is 15.1. The van der Waals surface area contributed by atoms with Crippen molar-refractivity contribution in [2.24, 2.45) is 11.8 Å². The summed E-state index contributed by atoms with van der Waals surface area (Å²) in [5.41, 5.74) is 1.73. The van der Waals surface area contributed by atoms with Crippen LogP contribution >= 0.6 is 0 Å². The van der Waals surface area contributed by atoms with Gasteiger partial charge in [-0.2, -0.15) is 0 Å². The highest BCUT2D eigenvalue weighted by atomic mass is 16.6. The fourth-order valence-electron chi connectivity index (χ4n) is 8.99. The van der Waals surface area contributed by atoms with Gasteiger partial charge >= 0.3 is 5.97 Å². The number of aliphatic hydroxyl groups excluding tert-OH is 1. The van der Waals surface area contributed by atoms with Crippen LogP contribution in [0.5, 0.6) is 0 Å². The zero-order valence-electron chi connectivity index (χ0n) is 32.6. The molecule has 1 N–H and O–H groups in total. The molecule has 294 valence electrons. The van der Waals surface area contributed by atoms with Gasteiger partial charge in [-0.05, 0) is 69.0 Å². The number of cyclic esters (lactones) is 1. The first-order valence-corrected chi connectivity index (χ1v) is 19.8. The standard InChI is InChI=1S/C45H52N4O7/c1-5-47(6-2)33-21-23-34(24-22-33)48-27-15-9-14-20-37(51)46(4)30(3)40(32-18-12-8-13-19-32)55-44(54)38-36-25-26-45(56-36)39(38)42(52)49(41(45)43(48)53)35(29-50)28-31-16-10-7-11-17-31/h7-13,15-19,21-26,30,35-36,38-41,50H,5-6,14,20,27-29H2,1-4H3/b15-9-/t30-,35+,36+,38-,39-,40+,41+,45-/m0/s1. The van der Waals surface area contributed by atoms with E-state index in [4.69, 9.17) is 9.47 Å². The molecular formula is C45H52N4O7. The summed E-state index contributed by atoms with van der Waals surface area (Å²) in [5.74, 6) is -3.77. The number of esters is 1. The normalized spacial score (nSPS) is 29.1. The molecule has 7 rings (SSSR count). The number of hydrogen-bond donors (Lipinski definition) is 1. The first-order chi connectivity index (χ1) is 27.1. The first-order valence-electron chi connectivity index (χ1n) is 19.8. The lowest BCUT2D eigenvalue weighted by Gasteiger charge is -2.39. The second kappa shape index (κ2) is 16.5. The van der Waals surface area contributed by atoms with Gasteiger partial charge in [-0.15, -0.1) is 0 Å². The fraction of sp³-hybridized carbons (Fsp3) is 0.422. The molecule has 11 nitrogen and oxygen atoms in total. The van der Waals surface area contributed by atoms with Gasteiger partial charge < -0.3 is 34.2 Å². The molecule has 3 aromatic rings. The van der Waals surface area contributed by atoms with Gasteiger partial charge in [-0.3, -0.25) is 19.2 Å². The Kier molecular flexibility index (Phi) is 11.5. The Balaban J connectivity index is 1.35. The van der Waals surface area contributed by atoms with Gasteiger partial charge in [0.05, 0.1) is 30.7 Å². The number of allylic oxidation sites excluding steroid dienone is 1. The second-order valence-corrected chi connectivity index (χ2v) is 15.1. The number of likely N-dealkylation sites (tertiary alicyclic amines) is 1. The van der Waals surface area contributed by atoms with E-state index in [1.165, 1.54) is 4.90 Å². The Morgan fingerprint density at radius 3 is 2.23 bits per heavy atom. The van der Waals surface area contributed by atoms with Crippen LogP contribution in [0.15, 0.2) is 109 Å². The average molecular weight is 761 g/mol. The number of amides is 3. The summed E-state index contributed by atoms with van der Waals surface area (Å²) >= 11 is 0. The lowest BCUT2D eigenvalue weighted by Crippen LogP contribution is -2.59. The third-order valence-corrected chi connectivity index (χ3v) is 12.1. The van der Waals surface area contributed by atoms with Crippen LogP contribution in [-0.4, -0.2) is 102 Å². The van der Waals surface area contributed by atoms with Crippen molar-refractivity contribution in [3.05, 3.63) is 120 Å². The lowest BCUT2D eigenvalue weighted by molar-refractivity contribution is -0.164. The summed E-state index contributed by atoms with van der Waals surface area (Å²) in [4.78, 5) is 65.6. The molecule has 0 radical (unpaired) electrons.